The van der Waals surface area contributed by atoms with Gasteiger partial charge in [0.15, 0.2) is 0 Å². The lowest BCUT2D eigenvalue weighted by Crippen LogP contribution is -2.37. The largest absolute Gasteiger partial charge is 0.459 e. The van der Waals surface area contributed by atoms with Crippen LogP contribution in [0.1, 0.15) is 32.1 Å². The summed E-state index contributed by atoms with van der Waals surface area (Å²) in [6.45, 7) is 5.53. The zero-order chi connectivity index (χ0) is 12.2. The van der Waals surface area contributed by atoms with Crippen molar-refractivity contribution in [2.45, 2.75) is 45.3 Å². The van der Waals surface area contributed by atoms with E-state index >= 15 is 0 Å². The molecule has 0 bridgehead atoms. The Labute approximate surface area is 101 Å². The highest BCUT2D eigenvalue weighted by molar-refractivity contribution is 7.09. The molecule has 1 heterocycles. The van der Waals surface area contributed by atoms with Crippen molar-refractivity contribution in [1.82, 2.24) is 0 Å². The number of hydrogen-bond acceptors (Lipinski definition) is 4. The Balaban J connectivity index is 2.35. The number of hydrogen-bond donors (Lipinski definition) is 1. The Morgan fingerprint density at radius 3 is 2.75 bits per heavy atom. The number of aryl methyl sites for hydroxylation is 1. The first-order valence-electron chi connectivity index (χ1n) is 5.39. The molecule has 0 saturated carbocycles. The van der Waals surface area contributed by atoms with E-state index in [0.29, 0.717) is 6.42 Å². The van der Waals surface area contributed by atoms with Crippen LogP contribution in [0.3, 0.4) is 0 Å². The number of ether oxygens (including phenoxy) is 1. The smallest absolute Gasteiger partial charge is 0.323 e. The van der Waals surface area contributed by atoms with Gasteiger partial charge in [-0.2, -0.15) is 0 Å². The number of carbonyl (C=O) groups excluding carboxylic acids is 1. The molecule has 0 amide bonds. The molecule has 0 spiro atoms. The van der Waals surface area contributed by atoms with E-state index < -0.39 is 11.6 Å². The van der Waals surface area contributed by atoms with Crippen LogP contribution in [0, 0.1) is 0 Å². The van der Waals surface area contributed by atoms with Crippen molar-refractivity contribution in [2.24, 2.45) is 5.73 Å². The van der Waals surface area contributed by atoms with Crippen molar-refractivity contribution in [3.63, 3.8) is 0 Å². The standard InChI is InChI=1S/C12H19NO2S/c1-12(2,3)15-11(14)10(13)7-6-9-5-4-8-16-9/h4-5,8,10H,6-7,13H2,1-3H3. The van der Waals surface area contributed by atoms with Crippen LogP contribution in [0.4, 0.5) is 0 Å². The number of carbonyl (C=O) groups is 1. The molecule has 90 valence electrons. The minimum Gasteiger partial charge on any atom is -0.459 e. The van der Waals surface area contributed by atoms with Gasteiger partial charge in [-0.3, -0.25) is 4.79 Å². The highest BCUT2D eigenvalue weighted by atomic mass is 32.1. The molecule has 0 aliphatic rings. The molecule has 1 atom stereocenters. The first kappa shape index (κ1) is 13.2. The Hall–Kier alpha value is -0.870. The van der Waals surface area contributed by atoms with Crippen molar-refractivity contribution < 1.29 is 9.53 Å². The zero-order valence-corrected chi connectivity index (χ0v) is 10.8. The number of thiophene rings is 1. The average molecular weight is 241 g/mol. The van der Waals surface area contributed by atoms with Crippen LogP contribution in [0.15, 0.2) is 17.5 Å². The molecule has 4 heteroatoms. The van der Waals surface area contributed by atoms with Gasteiger partial charge in [0.25, 0.3) is 0 Å². The zero-order valence-electron chi connectivity index (χ0n) is 10.0. The van der Waals surface area contributed by atoms with Crippen LogP contribution >= 0.6 is 11.3 Å². The summed E-state index contributed by atoms with van der Waals surface area (Å²) in [7, 11) is 0. The summed E-state index contributed by atoms with van der Waals surface area (Å²) in [5.41, 5.74) is 5.31. The monoisotopic (exact) mass is 241 g/mol. The van der Waals surface area contributed by atoms with E-state index in [1.54, 1.807) is 11.3 Å². The van der Waals surface area contributed by atoms with E-state index in [9.17, 15) is 4.79 Å². The van der Waals surface area contributed by atoms with Gasteiger partial charge >= 0.3 is 5.97 Å². The SMILES string of the molecule is CC(C)(C)OC(=O)C(N)CCc1cccs1. The second kappa shape index (κ2) is 5.46. The quantitative estimate of drug-likeness (QED) is 0.823. The van der Waals surface area contributed by atoms with Gasteiger partial charge in [0, 0.05) is 4.88 Å². The topological polar surface area (TPSA) is 52.3 Å². The Kier molecular flexibility index (Phi) is 4.50. The van der Waals surface area contributed by atoms with Gasteiger partial charge in [0.1, 0.15) is 11.6 Å². The van der Waals surface area contributed by atoms with Crippen LogP contribution in [-0.2, 0) is 16.0 Å². The van der Waals surface area contributed by atoms with E-state index in [1.165, 1.54) is 4.88 Å². The predicted molar refractivity (Wildman–Crippen MR) is 66.5 cm³/mol. The summed E-state index contributed by atoms with van der Waals surface area (Å²) in [6.07, 6.45) is 1.47. The fourth-order valence-corrected chi connectivity index (χ4v) is 1.97. The summed E-state index contributed by atoms with van der Waals surface area (Å²) in [6, 6.07) is 3.52. The molecule has 0 fully saturated rings. The van der Waals surface area contributed by atoms with Gasteiger partial charge < -0.3 is 10.5 Å². The van der Waals surface area contributed by atoms with E-state index in [4.69, 9.17) is 10.5 Å². The predicted octanol–water partition coefficient (Wildman–Crippen LogP) is 2.35. The molecule has 0 aliphatic carbocycles. The van der Waals surface area contributed by atoms with Gasteiger partial charge in [0.05, 0.1) is 0 Å². The molecule has 0 aliphatic heterocycles. The molecule has 3 nitrogen and oxygen atoms in total. The molecule has 1 aromatic heterocycles. The Morgan fingerprint density at radius 1 is 1.56 bits per heavy atom. The Morgan fingerprint density at radius 2 is 2.25 bits per heavy atom. The fraction of sp³-hybridized carbons (Fsp3) is 0.583. The first-order chi connectivity index (χ1) is 7.38. The summed E-state index contributed by atoms with van der Waals surface area (Å²) < 4.78 is 5.21. The van der Waals surface area contributed by atoms with Gasteiger partial charge in [-0.15, -0.1) is 11.3 Å². The van der Waals surface area contributed by atoms with Crippen LogP contribution < -0.4 is 5.73 Å². The van der Waals surface area contributed by atoms with Gasteiger partial charge in [0.2, 0.25) is 0 Å². The van der Waals surface area contributed by atoms with Crippen LogP contribution in [0.25, 0.3) is 0 Å². The highest BCUT2D eigenvalue weighted by Crippen LogP contribution is 2.13. The Bertz CT molecular complexity index is 327. The van der Waals surface area contributed by atoms with Crippen molar-refractivity contribution in [3.05, 3.63) is 22.4 Å². The summed E-state index contributed by atoms with van der Waals surface area (Å²) >= 11 is 1.68. The van der Waals surface area contributed by atoms with Crippen LogP contribution in [0.5, 0.6) is 0 Å². The molecule has 0 radical (unpaired) electrons. The van der Waals surface area contributed by atoms with E-state index in [0.717, 1.165) is 6.42 Å². The van der Waals surface area contributed by atoms with Crippen LogP contribution in [-0.4, -0.2) is 17.6 Å². The van der Waals surface area contributed by atoms with Gasteiger partial charge in [-0.1, -0.05) is 6.07 Å². The third kappa shape index (κ3) is 4.77. The molecule has 0 aromatic carbocycles. The summed E-state index contributed by atoms with van der Waals surface area (Å²) in [5.74, 6) is -0.316. The average Bonchev–Trinajstić information content (AvgIpc) is 2.63. The molecule has 1 rings (SSSR count). The third-order valence-corrected chi connectivity index (χ3v) is 2.93. The molecular formula is C12H19NO2S. The maximum Gasteiger partial charge on any atom is 0.323 e. The second-order valence-electron chi connectivity index (χ2n) is 4.76. The molecule has 1 aromatic rings. The minimum atomic E-state index is -0.527. The summed E-state index contributed by atoms with van der Waals surface area (Å²) in [5, 5.41) is 2.02. The molecule has 16 heavy (non-hydrogen) atoms. The maximum absolute atomic E-state index is 11.6. The van der Waals surface area contributed by atoms with Crippen molar-refractivity contribution >= 4 is 17.3 Å². The lowest BCUT2D eigenvalue weighted by atomic mass is 10.1. The van der Waals surface area contributed by atoms with Gasteiger partial charge in [-0.05, 0) is 45.1 Å². The number of rotatable bonds is 4. The first-order valence-corrected chi connectivity index (χ1v) is 6.27. The molecular weight excluding hydrogens is 222 g/mol. The second-order valence-corrected chi connectivity index (χ2v) is 5.79. The molecule has 0 saturated heterocycles. The van der Waals surface area contributed by atoms with Crippen molar-refractivity contribution in [1.29, 1.82) is 0 Å². The fourth-order valence-electron chi connectivity index (χ4n) is 1.25. The third-order valence-electron chi connectivity index (χ3n) is 1.99. The van der Waals surface area contributed by atoms with E-state index in [1.807, 2.05) is 38.3 Å². The minimum absolute atomic E-state index is 0.316. The number of nitrogens with two attached hydrogens (primary N) is 1. The maximum atomic E-state index is 11.6. The highest BCUT2D eigenvalue weighted by Gasteiger charge is 2.21. The van der Waals surface area contributed by atoms with Crippen LogP contribution in [0.2, 0.25) is 0 Å². The van der Waals surface area contributed by atoms with Crippen molar-refractivity contribution in [2.75, 3.05) is 0 Å². The lowest BCUT2D eigenvalue weighted by molar-refractivity contribution is -0.156. The summed E-state index contributed by atoms with van der Waals surface area (Å²) in [4.78, 5) is 12.8. The van der Waals surface area contributed by atoms with E-state index in [-0.39, 0.29) is 5.97 Å². The van der Waals surface area contributed by atoms with E-state index in [2.05, 4.69) is 0 Å². The number of esters is 1. The normalized spacial score (nSPS) is 13.5. The van der Waals surface area contributed by atoms with Gasteiger partial charge in [-0.25, -0.2) is 0 Å². The molecule has 2 N–H and O–H groups in total. The lowest BCUT2D eigenvalue weighted by Gasteiger charge is -2.22. The van der Waals surface area contributed by atoms with Crippen molar-refractivity contribution in [3.8, 4) is 0 Å². The molecule has 1 unspecified atom stereocenters.